The van der Waals surface area contributed by atoms with E-state index in [4.69, 9.17) is 4.42 Å². The first kappa shape index (κ1) is 17.5. The van der Waals surface area contributed by atoms with Crippen LogP contribution in [0.2, 0.25) is 0 Å². The summed E-state index contributed by atoms with van der Waals surface area (Å²) in [6.07, 6.45) is 3.56. The molecule has 132 valence electrons. The van der Waals surface area contributed by atoms with Crippen LogP contribution >= 0.6 is 0 Å². The molecule has 3 aromatic rings. The number of carbonyl (C=O) groups excluding carboxylic acids is 2. The van der Waals surface area contributed by atoms with Gasteiger partial charge in [0.1, 0.15) is 0 Å². The summed E-state index contributed by atoms with van der Waals surface area (Å²) >= 11 is 0. The summed E-state index contributed by atoms with van der Waals surface area (Å²) in [6, 6.07) is 17.8. The Morgan fingerprint density at radius 1 is 0.846 bits per heavy atom. The summed E-state index contributed by atoms with van der Waals surface area (Å²) in [6.45, 7) is 2.14. The number of anilines is 2. The fourth-order valence-electron chi connectivity index (χ4n) is 2.55. The molecule has 2 aromatic carbocycles. The molecule has 26 heavy (non-hydrogen) atoms. The van der Waals surface area contributed by atoms with E-state index >= 15 is 0 Å². The Morgan fingerprint density at radius 2 is 1.46 bits per heavy atom. The van der Waals surface area contributed by atoms with Gasteiger partial charge in [0, 0.05) is 16.9 Å². The molecule has 0 aliphatic rings. The normalized spacial score (nSPS) is 10.3. The van der Waals surface area contributed by atoms with E-state index in [-0.39, 0.29) is 17.6 Å². The van der Waals surface area contributed by atoms with Crippen molar-refractivity contribution >= 4 is 23.2 Å². The average Bonchev–Trinajstić information content (AvgIpc) is 3.19. The minimum absolute atomic E-state index is 0.197. The second-order valence-electron chi connectivity index (χ2n) is 5.91. The van der Waals surface area contributed by atoms with Crippen molar-refractivity contribution in [1.82, 2.24) is 0 Å². The van der Waals surface area contributed by atoms with Crippen LogP contribution in [0.1, 0.15) is 39.8 Å². The number of benzene rings is 2. The number of hydrogen-bond acceptors (Lipinski definition) is 3. The molecule has 1 aromatic heterocycles. The Balaban J connectivity index is 1.60. The summed E-state index contributed by atoms with van der Waals surface area (Å²) in [5.74, 6) is -0.296. The van der Waals surface area contributed by atoms with Crippen molar-refractivity contribution in [3.05, 3.63) is 83.8 Å². The largest absolute Gasteiger partial charge is 0.459 e. The molecule has 0 radical (unpaired) electrons. The molecule has 5 nitrogen and oxygen atoms in total. The zero-order valence-corrected chi connectivity index (χ0v) is 14.5. The van der Waals surface area contributed by atoms with Gasteiger partial charge in [-0.15, -0.1) is 0 Å². The monoisotopic (exact) mass is 348 g/mol. The molecule has 2 amide bonds. The van der Waals surface area contributed by atoms with E-state index in [9.17, 15) is 9.59 Å². The molecule has 5 heteroatoms. The summed E-state index contributed by atoms with van der Waals surface area (Å²) in [5, 5.41) is 5.58. The third-order valence-electron chi connectivity index (χ3n) is 3.90. The molecule has 0 spiro atoms. The third-order valence-corrected chi connectivity index (χ3v) is 3.90. The van der Waals surface area contributed by atoms with E-state index in [1.165, 1.54) is 11.8 Å². The van der Waals surface area contributed by atoms with Crippen LogP contribution in [0.3, 0.4) is 0 Å². The van der Waals surface area contributed by atoms with E-state index in [0.717, 1.165) is 18.5 Å². The Kier molecular flexibility index (Phi) is 5.49. The van der Waals surface area contributed by atoms with Crippen molar-refractivity contribution in [3.8, 4) is 0 Å². The van der Waals surface area contributed by atoms with E-state index < -0.39 is 0 Å². The fraction of sp³-hybridized carbons (Fsp3) is 0.143. The van der Waals surface area contributed by atoms with E-state index in [2.05, 4.69) is 17.6 Å². The molecule has 3 rings (SSSR count). The Labute approximate surface area is 152 Å². The number of nitrogens with one attached hydrogen (secondary N) is 2. The second-order valence-corrected chi connectivity index (χ2v) is 5.91. The minimum Gasteiger partial charge on any atom is -0.459 e. The van der Waals surface area contributed by atoms with Crippen LogP contribution in [0, 0.1) is 0 Å². The molecule has 0 fully saturated rings. The number of carbonyl (C=O) groups is 2. The van der Waals surface area contributed by atoms with Crippen molar-refractivity contribution in [2.75, 3.05) is 10.6 Å². The first-order valence-electron chi connectivity index (χ1n) is 8.51. The van der Waals surface area contributed by atoms with Crippen LogP contribution in [0.4, 0.5) is 11.4 Å². The van der Waals surface area contributed by atoms with Crippen LogP contribution in [-0.4, -0.2) is 11.8 Å². The van der Waals surface area contributed by atoms with E-state index in [0.29, 0.717) is 11.3 Å². The van der Waals surface area contributed by atoms with Gasteiger partial charge >= 0.3 is 0 Å². The molecule has 0 saturated heterocycles. The zero-order valence-electron chi connectivity index (χ0n) is 14.5. The standard InChI is InChI=1S/C21H20N2O3/c1-2-4-15-6-10-17(11-7-15)22-20(24)16-8-12-18(13-9-16)23-21(25)19-5-3-14-26-19/h3,5-14H,2,4H2,1H3,(H,22,24)(H,23,25). The van der Waals surface area contributed by atoms with Gasteiger partial charge in [0.25, 0.3) is 11.8 Å². The van der Waals surface area contributed by atoms with Crippen molar-refractivity contribution in [2.24, 2.45) is 0 Å². The lowest BCUT2D eigenvalue weighted by molar-refractivity contribution is 0.0995. The van der Waals surface area contributed by atoms with Gasteiger partial charge in [0.2, 0.25) is 0 Å². The molecular weight excluding hydrogens is 328 g/mol. The van der Waals surface area contributed by atoms with Crippen molar-refractivity contribution in [1.29, 1.82) is 0 Å². The molecular formula is C21H20N2O3. The fourth-order valence-corrected chi connectivity index (χ4v) is 2.55. The molecule has 2 N–H and O–H groups in total. The van der Waals surface area contributed by atoms with Gasteiger partial charge < -0.3 is 15.1 Å². The predicted octanol–water partition coefficient (Wildman–Crippen LogP) is 4.74. The zero-order chi connectivity index (χ0) is 18.4. The first-order valence-corrected chi connectivity index (χ1v) is 8.51. The number of rotatable bonds is 6. The highest BCUT2D eigenvalue weighted by atomic mass is 16.3. The minimum atomic E-state index is -0.334. The molecule has 0 unspecified atom stereocenters. The van der Waals surface area contributed by atoms with Gasteiger partial charge in [0.05, 0.1) is 6.26 Å². The average molecular weight is 348 g/mol. The molecule has 0 bridgehead atoms. The van der Waals surface area contributed by atoms with E-state index in [1.807, 2.05) is 24.3 Å². The van der Waals surface area contributed by atoms with Crippen LogP contribution in [0.5, 0.6) is 0 Å². The third kappa shape index (κ3) is 4.39. The summed E-state index contributed by atoms with van der Waals surface area (Å²) < 4.78 is 5.04. The van der Waals surface area contributed by atoms with Gasteiger partial charge in [-0.1, -0.05) is 25.5 Å². The molecule has 1 heterocycles. The van der Waals surface area contributed by atoms with Gasteiger partial charge in [0.15, 0.2) is 5.76 Å². The van der Waals surface area contributed by atoms with Crippen molar-refractivity contribution in [3.63, 3.8) is 0 Å². The quantitative estimate of drug-likeness (QED) is 0.676. The number of amides is 2. The molecule has 0 aliphatic carbocycles. The lowest BCUT2D eigenvalue weighted by atomic mass is 10.1. The number of aryl methyl sites for hydroxylation is 1. The Hall–Kier alpha value is -3.34. The van der Waals surface area contributed by atoms with Gasteiger partial charge in [-0.05, 0) is 60.5 Å². The van der Waals surface area contributed by atoms with Gasteiger partial charge in [-0.2, -0.15) is 0 Å². The van der Waals surface area contributed by atoms with Crippen LogP contribution in [0.25, 0.3) is 0 Å². The Bertz CT molecular complexity index is 867. The summed E-state index contributed by atoms with van der Waals surface area (Å²) in [4.78, 5) is 24.3. The highest BCUT2D eigenvalue weighted by Crippen LogP contribution is 2.15. The molecule has 0 saturated carbocycles. The summed E-state index contributed by atoms with van der Waals surface area (Å²) in [7, 11) is 0. The lowest BCUT2D eigenvalue weighted by Crippen LogP contribution is -2.13. The van der Waals surface area contributed by atoms with Gasteiger partial charge in [-0.3, -0.25) is 9.59 Å². The molecule has 0 atom stereocenters. The van der Waals surface area contributed by atoms with Crippen LogP contribution in [-0.2, 0) is 6.42 Å². The molecule has 0 aliphatic heterocycles. The van der Waals surface area contributed by atoms with Gasteiger partial charge in [-0.25, -0.2) is 0 Å². The second kappa shape index (κ2) is 8.16. The number of hydrogen-bond donors (Lipinski definition) is 2. The van der Waals surface area contributed by atoms with E-state index in [1.54, 1.807) is 36.4 Å². The highest BCUT2D eigenvalue weighted by Gasteiger charge is 2.10. The topological polar surface area (TPSA) is 71.3 Å². The first-order chi connectivity index (χ1) is 12.7. The maximum absolute atomic E-state index is 12.3. The lowest BCUT2D eigenvalue weighted by Gasteiger charge is -2.08. The van der Waals surface area contributed by atoms with Crippen LogP contribution < -0.4 is 10.6 Å². The maximum atomic E-state index is 12.3. The predicted molar refractivity (Wildman–Crippen MR) is 101 cm³/mol. The van der Waals surface area contributed by atoms with Crippen molar-refractivity contribution < 1.29 is 14.0 Å². The smallest absolute Gasteiger partial charge is 0.291 e. The number of furan rings is 1. The summed E-state index contributed by atoms with van der Waals surface area (Å²) in [5.41, 5.74) is 3.11. The Morgan fingerprint density at radius 3 is 2.04 bits per heavy atom. The van der Waals surface area contributed by atoms with Crippen LogP contribution in [0.15, 0.2) is 71.3 Å². The SMILES string of the molecule is CCCc1ccc(NC(=O)c2ccc(NC(=O)c3ccco3)cc2)cc1. The maximum Gasteiger partial charge on any atom is 0.291 e. The highest BCUT2D eigenvalue weighted by molar-refractivity contribution is 6.05. The van der Waals surface area contributed by atoms with Crippen molar-refractivity contribution in [2.45, 2.75) is 19.8 Å².